The summed E-state index contributed by atoms with van der Waals surface area (Å²) < 4.78 is 1.02. The number of aromatic hydroxyl groups is 1. The Labute approximate surface area is 130 Å². The molecule has 0 fully saturated rings. The van der Waals surface area contributed by atoms with Crippen molar-refractivity contribution in [3.63, 3.8) is 0 Å². The fourth-order valence-electron chi connectivity index (χ4n) is 2.01. The Morgan fingerprint density at radius 1 is 1.00 bits per heavy atom. The first-order chi connectivity index (χ1) is 10.2. The van der Waals surface area contributed by atoms with Crippen molar-refractivity contribution in [3.8, 4) is 5.75 Å². The van der Waals surface area contributed by atoms with Crippen molar-refractivity contribution in [2.24, 2.45) is 10.2 Å². The largest absolute Gasteiger partial charge is 0.507 e. The van der Waals surface area contributed by atoms with Gasteiger partial charge in [0.05, 0.1) is 12.4 Å². The van der Waals surface area contributed by atoms with Crippen molar-refractivity contribution in [1.82, 2.24) is 4.98 Å². The van der Waals surface area contributed by atoms with Crippen LogP contribution in [0.3, 0.4) is 0 Å². The van der Waals surface area contributed by atoms with Crippen LogP contribution in [0.5, 0.6) is 5.75 Å². The number of nitrogens with one attached hydrogen (secondary N) is 1. The molecule has 0 atom stereocenters. The molecule has 0 aliphatic rings. The summed E-state index contributed by atoms with van der Waals surface area (Å²) in [6.07, 6.45) is 5.09. The average molecular weight is 342 g/mol. The second-order valence-corrected chi connectivity index (χ2v) is 5.40. The molecule has 0 amide bonds. The smallest absolute Gasteiger partial charge is 0.124 e. The van der Waals surface area contributed by atoms with E-state index in [9.17, 15) is 5.11 Å². The maximum atomic E-state index is 9.61. The number of fused-ring (bicyclic) bond motifs is 1. The summed E-state index contributed by atoms with van der Waals surface area (Å²) in [6, 6.07) is 13.0. The molecule has 0 spiro atoms. The average Bonchev–Trinajstić information content (AvgIpc) is 2.88. The lowest BCUT2D eigenvalue weighted by atomic mass is 10.2. The fraction of sp³-hybridized carbons (Fsp3) is 0. The molecule has 0 radical (unpaired) electrons. The van der Waals surface area contributed by atoms with Gasteiger partial charge in [-0.1, -0.05) is 28.1 Å². The van der Waals surface area contributed by atoms with E-state index >= 15 is 0 Å². The number of aromatic nitrogens is 1. The zero-order valence-corrected chi connectivity index (χ0v) is 12.6. The number of H-pyrrole nitrogens is 1. The summed E-state index contributed by atoms with van der Waals surface area (Å²) in [5.74, 6) is 0.187. The molecule has 0 aliphatic carbocycles. The van der Waals surface area contributed by atoms with E-state index in [-0.39, 0.29) is 5.75 Å². The van der Waals surface area contributed by atoms with Gasteiger partial charge in [0.25, 0.3) is 0 Å². The van der Waals surface area contributed by atoms with Crippen LogP contribution < -0.4 is 0 Å². The highest BCUT2D eigenvalue weighted by atomic mass is 79.9. The van der Waals surface area contributed by atoms with Gasteiger partial charge in [-0.15, -0.1) is 0 Å². The zero-order valence-electron chi connectivity index (χ0n) is 11.0. The SMILES string of the molecule is Oc1ccccc1/C=N/N=C/c1c[nH]c2ccc(Br)cc12. The number of hydrogen-bond acceptors (Lipinski definition) is 3. The van der Waals surface area contributed by atoms with Crippen LogP contribution in [0.2, 0.25) is 0 Å². The number of phenols is 1. The van der Waals surface area contributed by atoms with Gasteiger partial charge in [-0.05, 0) is 30.3 Å². The van der Waals surface area contributed by atoms with Crippen molar-refractivity contribution in [3.05, 3.63) is 64.3 Å². The monoisotopic (exact) mass is 341 g/mol. The minimum atomic E-state index is 0.187. The molecule has 0 aliphatic heterocycles. The normalized spacial score (nSPS) is 11.9. The first-order valence-corrected chi connectivity index (χ1v) is 7.14. The van der Waals surface area contributed by atoms with E-state index < -0.39 is 0 Å². The Balaban J connectivity index is 1.82. The van der Waals surface area contributed by atoms with E-state index in [1.165, 1.54) is 6.21 Å². The Morgan fingerprint density at radius 2 is 1.76 bits per heavy atom. The molecule has 3 rings (SSSR count). The van der Waals surface area contributed by atoms with Gasteiger partial charge in [0.2, 0.25) is 0 Å². The van der Waals surface area contributed by atoms with Gasteiger partial charge in [-0.3, -0.25) is 0 Å². The van der Waals surface area contributed by atoms with E-state index in [2.05, 4.69) is 31.1 Å². The highest BCUT2D eigenvalue weighted by Crippen LogP contribution is 2.21. The molecular formula is C16H12BrN3O. The van der Waals surface area contributed by atoms with Crippen molar-refractivity contribution >= 4 is 39.3 Å². The third kappa shape index (κ3) is 3.03. The van der Waals surface area contributed by atoms with E-state index in [0.29, 0.717) is 5.56 Å². The molecule has 0 saturated heterocycles. The molecule has 1 heterocycles. The number of para-hydroxylation sites is 1. The van der Waals surface area contributed by atoms with Gasteiger partial charge in [0, 0.05) is 32.7 Å². The molecule has 2 N–H and O–H groups in total. The molecule has 1 aromatic heterocycles. The van der Waals surface area contributed by atoms with E-state index in [0.717, 1.165) is 20.9 Å². The summed E-state index contributed by atoms with van der Waals surface area (Å²) in [7, 11) is 0. The Hall–Kier alpha value is -2.40. The summed E-state index contributed by atoms with van der Waals surface area (Å²) in [6.45, 7) is 0. The number of halogens is 1. The maximum absolute atomic E-state index is 9.61. The lowest BCUT2D eigenvalue weighted by molar-refractivity contribution is 0.474. The van der Waals surface area contributed by atoms with Gasteiger partial charge in [-0.2, -0.15) is 10.2 Å². The number of benzene rings is 2. The van der Waals surface area contributed by atoms with Crippen LogP contribution >= 0.6 is 15.9 Å². The predicted octanol–water partition coefficient (Wildman–Crippen LogP) is 4.09. The molecule has 4 nitrogen and oxygen atoms in total. The van der Waals surface area contributed by atoms with E-state index in [1.54, 1.807) is 24.4 Å². The molecule has 2 aromatic carbocycles. The van der Waals surface area contributed by atoms with Crippen LogP contribution in [0.4, 0.5) is 0 Å². The third-order valence-electron chi connectivity index (χ3n) is 3.07. The third-order valence-corrected chi connectivity index (χ3v) is 3.57. The quantitative estimate of drug-likeness (QED) is 0.547. The first-order valence-electron chi connectivity index (χ1n) is 6.35. The van der Waals surface area contributed by atoms with Crippen LogP contribution in [0.1, 0.15) is 11.1 Å². The molecule has 5 heteroatoms. The minimum absolute atomic E-state index is 0.187. The van der Waals surface area contributed by atoms with E-state index in [1.807, 2.05) is 30.5 Å². The molecule has 0 bridgehead atoms. The van der Waals surface area contributed by atoms with Crippen molar-refractivity contribution in [1.29, 1.82) is 0 Å². The second-order valence-electron chi connectivity index (χ2n) is 4.48. The zero-order chi connectivity index (χ0) is 14.7. The molecule has 0 saturated carbocycles. The summed E-state index contributed by atoms with van der Waals surface area (Å²) in [4.78, 5) is 3.18. The lowest BCUT2D eigenvalue weighted by Gasteiger charge is -1.94. The van der Waals surface area contributed by atoms with Crippen LogP contribution in [0, 0.1) is 0 Å². The molecule has 21 heavy (non-hydrogen) atoms. The van der Waals surface area contributed by atoms with Gasteiger partial charge < -0.3 is 10.1 Å². The number of nitrogens with zero attached hydrogens (tertiary/aromatic N) is 2. The second kappa shape index (κ2) is 5.93. The van der Waals surface area contributed by atoms with Gasteiger partial charge in [-0.25, -0.2) is 0 Å². The predicted molar refractivity (Wildman–Crippen MR) is 89.3 cm³/mol. The molecule has 104 valence electrons. The van der Waals surface area contributed by atoms with Crippen molar-refractivity contribution in [2.45, 2.75) is 0 Å². The summed E-state index contributed by atoms with van der Waals surface area (Å²) >= 11 is 3.46. The van der Waals surface area contributed by atoms with Gasteiger partial charge >= 0.3 is 0 Å². The number of hydrogen-bond donors (Lipinski definition) is 2. The van der Waals surface area contributed by atoms with Gasteiger partial charge in [0.1, 0.15) is 5.75 Å². The van der Waals surface area contributed by atoms with Crippen LogP contribution in [-0.4, -0.2) is 22.5 Å². The molecule has 0 unspecified atom stereocenters. The Kier molecular flexibility index (Phi) is 3.83. The topological polar surface area (TPSA) is 60.7 Å². The standard InChI is InChI=1S/C16H12BrN3O/c17-13-5-6-15-14(7-13)12(8-18-15)10-20-19-9-11-3-1-2-4-16(11)21/h1-10,18,21H/b19-9+,20-10+. The highest BCUT2D eigenvalue weighted by Gasteiger charge is 2.01. The Bertz CT molecular complexity index is 836. The fourth-order valence-corrected chi connectivity index (χ4v) is 2.37. The number of aromatic amines is 1. The summed E-state index contributed by atoms with van der Waals surface area (Å²) in [5, 5.41) is 18.7. The van der Waals surface area contributed by atoms with Crippen LogP contribution in [0.15, 0.2) is 63.3 Å². The lowest BCUT2D eigenvalue weighted by Crippen LogP contribution is -1.81. The van der Waals surface area contributed by atoms with Crippen molar-refractivity contribution < 1.29 is 5.11 Å². The molecular weight excluding hydrogens is 330 g/mol. The highest BCUT2D eigenvalue weighted by molar-refractivity contribution is 9.10. The van der Waals surface area contributed by atoms with Crippen LogP contribution in [-0.2, 0) is 0 Å². The van der Waals surface area contributed by atoms with E-state index in [4.69, 9.17) is 0 Å². The van der Waals surface area contributed by atoms with Crippen LogP contribution in [0.25, 0.3) is 10.9 Å². The van der Waals surface area contributed by atoms with Crippen molar-refractivity contribution in [2.75, 3.05) is 0 Å². The minimum Gasteiger partial charge on any atom is -0.507 e. The number of rotatable bonds is 3. The summed E-state index contributed by atoms with van der Waals surface area (Å²) in [5.41, 5.74) is 2.64. The maximum Gasteiger partial charge on any atom is 0.124 e. The molecule has 3 aromatic rings. The van der Waals surface area contributed by atoms with Gasteiger partial charge in [0.15, 0.2) is 0 Å². The number of phenolic OH excluding ortho intramolecular Hbond substituents is 1. The first kappa shape index (κ1) is 13.6. The Morgan fingerprint density at radius 3 is 2.57 bits per heavy atom.